The van der Waals surface area contributed by atoms with Gasteiger partial charge in [-0.2, -0.15) is 0 Å². The number of hydrogen-bond donors (Lipinski definition) is 0. The summed E-state index contributed by atoms with van der Waals surface area (Å²) in [6, 6.07) is 16.2. The van der Waals surface area contributed by atoms with Crippen molar-refractivity contribution in [3.63, 3.8) is 0 Å². The van der Waals surface area contributed by atoms with Crippen molar-refractivity contribution >= 4 is 17.0 Å². The molecule has 3 heterocycles. The van der Waals surface area contributed by atoms with Crippen molar-refractivity contribution in [3.8, 4) is 0 Å². The molecule has 138 valence electrons. The summed E-state index contributed by atoms with van der Waals surface area (Å²) in [5.74, 6) is -0.508. The zero-order chi connectivity index (χ0) is 18.4. The van der Waals surface area contributed by atoms with Crippen LogP contribution in [-0.4, -0.2) is 46.0 Å². The number of fused-ring (bicyclic) bond motifs is 2. The zero-order valence-electron chi connectivity index (χ0n) is 15.0. The molecule has 0 radical (unpaired) electrons. The fourth-order valence-electron chi connectivity index (χ4n) is 4.12. The number of likely N-dealkylation sites (tertiary alicyclic amines) is 1. The SMILES string of the molecule is O=C(Cn1c(=O)oc2ccccc21)N1CC(N2CCc3ccccc3C2)C1. The highest BCUT2D eigenvalue weighted by Gasteiger charge is 2.36. The van der Waals surface area contributed by atoms with Crippen LogP contribution in [0.2, 0.25) is 0 Å². The molecule has 0 bridgehead atoms. The monoisotopic (exact) mass is 363 g/mol. The molecule has 1 aromatic heterocycles. The van der Waals surface area contributed by atoms with Gasteiger partial charge >= 0.3 is 5.76 Å². The lowest BCUT2D eigenvalue weighted by molar-refractivity contribution is -0.139. The first kappa shape index (κ1) is 16.3. The third-order valence-electron chi connectivity index (χ3n) is 5.76. The molecule has 2 aliphatic rings. The van der Waals surface area contributed by atoms with Crippen molar-refractivity contribution in [1.82, 2.24) is 14.4 Å². The van der Waals surface area contributed by atoms with Crippen molar-refractivity contribution < 1.29 is 9.21 Å². The van der Waals surface area contributed by atoms with Crippen LogP contribution >= 0.6 is 0 Å². The van der Waals surface area contributed by atoms with Crippen LogP contribution in [0.3, 0.4) is 0 Å². The van der Waals surface area contributed by atoms with Gasteiger partial charge in [0.15, 0.2) is 5.58 Å². The molecule has 0 atom stereocenters. The Bertz CT molecular complexity index is 1060. The van der Waals surface area contributed by atoms with Crippen molar-refractivity contribution in [1.29, 1.82) is 0 Å². The van der Waals surface area contributed by atoms with Crippen molar-refractivity contribution in [2.75, 3.05) is 19.6 Å². The van der Waals surface area contributed by atoms with Crippen LogP contribution in [0.1, 0.15) is 11.1 Å². The summed E-state index contributed by atoms with van der Waals surface area (Å²) in [6.45, 7) is 3.48. The Labute approximate surface area is 156 Å². The van der Waals surface area contributed by atoms with Crippen LogP contribution in [0.4, 0.5) is 0 Å². The van der Waals surface area contributed by atoms with Crippen molar-refractivity contribution in [2.24, 2.45) is 0 Å². The van der Waals surface area contributed by atoms with E-state index in [1.54, 1.807) is 12.1 Å². The van der Waals surface area contributed by atoms with E-state index in [4.69, 9.17) is 4.42 Å². The Morgan fingerprint density at radius 1 is 1.04 bits per heavy atom. The Kier molecular flexibility index (Phi) is 3.86. The van der Waals surface area contributed by atoms with Gasteiger partial charge in [0.25, 0.3) is 0 Å². The second-order valence-corrected chi connectivity index (χ2v) is 7.36. The first-order chi connectivity index (χ1) is 13.2. The van der Waals surface area contributed by atoms with E-state index in [9.17, 15) is 9.59 Å². The molecule has 1 fully saturated rings. The Balaban J connectivity index is 1.23. The molecule has 27 heavy (non-hydrogen) atoms. The van der Waals surface area contributed by atoms with Crippen LogP contribution < -0.4 is 5.76 Å². The van der Waals surface area contributed by atoms with Gasteiger partial charge in [-0.3, -0.25) is 14.3 Å². The van der Waals surface area contributed by atoms with Crippen LogP contribution in [-0.2, 0) is 24.3 Å². The van der Waals surface area contributed by atoms with Gasteiger partial charge in [0.2, 0.25) is 5.91 Å². The Morgan fingerprint density at radius 2 is 1.78 bits per heavy atom. The molecular weight excluding hydrogens is 342 g/mol. The van der Waals surface area contributed by atoms with E-state index in [2.05, 4.69) is 29.2 Å². The smallest absolute Gasteiger partial charge is 0.408 e. The minimum Gasteiger partial charge on any atom is -0.408 e. The predicted octanol–water partition coefficient (Wildman–Crippen LogP) is 1.86. The van der Waals surface area contributed by atoms with Gasteiger partial charge in [-0.25, -0.2) is 4.79 Å². The minimum atomic E-state index is -0.478. The van der Waals surface area contributed by atoms with E-state index in [0.29, 0.717) is 17.1 Å². The average molecular weight is 363 g/mol. The third kappa shape index (κ3) is 2.86. The van der Waals surface area contributed by atoms with E-state index in [1.807, 2.05) is 17.0 Å². The molecule has 1 amide bonds. The fourth-order valence-corrected chi connectivity index (χ4v) is 4.12. The molecule has 3 aromatic rings. The van der Waals surface area contributed by atoms with Crippen LogP contribution in [0, 0.1) is 0 Å². The first-order valence-electron chi connectivity index (χ1n) is 9.36. The van der Waals surface area contributed by atoms with Crippen molar-refractivity contribution in [3.05, 3.63) is 70.2 Å². The van der Waals surface area contributed by atoms with E-state index < -0.39 is 5.76 Å². The zero-order valence-corrected chi connectivity index (χ0v) is 15.0. The lowest BCUT2D eigenvalue weighted by Gasteiger charge is -2.47. The van der Waals surface area contributed by atoms with Gasteiger partial charge in [-0.05, 0) is 29.7 Å². The molecule has 2 aliphatic heterocycles. The average Bonchev–Trinajstić information content (AvgIpc) is 2.96. The highest BCUT2D eigenvalue weighted by molar-refractivity contribution is 5.80. The molecule has 6 heteroatoms. The quantitative estimate of drug-likeness (QED) is 0.713. The van der Waals surface area contributed by atoms with Gasteiger partial charge in [0.05, 0.1) is 5.52 Å². The number of hydrogen-bond acceptors (Lipinski definition) is 4. The van der Waals surface area contributed by atoms with Crippen LogP contribution in [0.15, 0.2) is 57.7 Å². The third-order valence-corrected chi connectivity index (χ3v) is 5.76. The fraction of sp³-hybridized carbons (Fsp3) is 0.333. The number of para-hydroxylation sites is 2. The maximum absolute atomic E-state index is 12.6. The molecule has 0 saturated carbocycles. The predicted molar refractivity (Wildman–Crippen MR) is 101 cm³/mol. The number of benzene rings is 2. The summed E-state index contributed by atoms with van der Waals surface area (Å²) >= 11 is 0. The Hall–Kier alpha value is -2.86. The minimum absolute atomic E-state index is 0.0303. The number of carbonyl (C=O) groups excluding carboxylic acids is 1. The summed E-state index contributed by atoms with van der Waals surface area (Å²) in [5.41, 5.74) is 4.02. The number of nitrogens with zero attached hydrogens (tertiary/aromatic N) is 3. The molecule has 1 saturated heterocycles. The number of carbonyl (C=O) groups is 1. The molecule has 0 aliphatic carbocycles. The molecular formula is C21H21N3O3. The summed E-state index contributed by atoms with van der Waals surface area (Å²) in [5, 5.41) is 0. The maximum Gasteiger partial charge on any atom is 0.420 e. The largest absolute Gasteiger partial charge is 0.420 e. The molecule has 5 rings (SSSR count). The summed E-state index contributed by atoms with van der Waals surface area (Å²) in [7, 11) is 0. The second-order valence-electron chi connectivity index (χ2n) is 7.36. The maximum atomic E-state index is 12.6. The topological polar surface area (TPSA) is 58.7 Å². The van der Waals surface area contributed by atoms with E-state index >= 15 is 0 Å². The summed E-state index contributed by atoms with van der Waals surface area (Å²) in [6.07, 6.45) is 1.07. The standard InChI is InChI=1S/C21H21N3O3/c25-20(14-24-18-7-3-4-8-19(18)27-21(24)26)23-12-17(13-23)22-10-9-15-5-1-2-6-16(15)11-22/h1-8,17H,9-14H2. The molecule has 0 unspecified atom stereocenters. The van der Waals surface area contributed by atoms with Gasteiger partial charge < -0.3 is 9.32 Å². The summed E-state index contributed by atoms with van der Waals surface area (Å²) < 4.78 is 6.63. The highest BCUT2D eigenvalue weighted by atomic mass is 16.4. The second kappa shape index (κ2) is 6.39. The lowest BCUT2D eigenvalue weighted by atomic mass is 9.96. The summed E-state index contributed by atoms with van der Waals surface area (Å²) in [4.78, 5) is 29.0. The van der Waals surface area contributed by atoms with Crippen molar-refractivity contribution in [2.45, 2.75) is 25.6 Å². The van der Waals surface area contributed by atoms with Gasteiger partial charge in [0.1, 0.15) is 6.54 Å². The molecule has 0 N–H and O–H groups in total. The van der Waals surface area contributed by atoms with Crippen LogP contribution in [0.5, 0.6) is 0 Å². The lowest BCUT2D eigenvalue weighted by Crippen LogP contribution is -2.62. The number of oxazole rings is 1. The number of aromatic nitrogens is 1. The van der Waals surface area contributed by atoms with Crippen LogP contribution in [0.25, 0.3) is 11.1 Å². The van der Waals surface area contributed by atoms with Gasteiger partial charge in [-0.1, -0.05) is 36.4 Å². The highest BCUT2D eigenvalue weighted by Crippen LogP contribution is 2.24. The molecule has 6 nitrogen and oxygen atoms in total. The van der Waals surface area contributed by atoms with E-state index in [1.165, 1.54) is 15.7 Å². The number of rotatable bonds is 3. The number of amides is 1. The van der Waals surface area contributed by atoms with Gasteiger partial charge in [-0.15, -0.1) is 0 Å². The van der Waals surface area contributed by atoms with Gasteiger partial charge in [0, 0.05) is 32.2 Å². The van der Waals surface area contributed by atoms with E-state index in [0.717, 1.165) is 32.6 Å². The Morgan fingerprint density at radius 3 is 2.63 bits per heavy atom. The molecule has 2 aromatic carbocycles. The molecule has 0 spiro atoms. The first-order valence-corrected chi connectivity index (χ1v) is 9.36. The normalized spacial score (nSPS) is 17.7. The van der Waals surface area contributed by atoms with E-state index in [-0.39, 0.29) is 12.5 Å².